The molecule has 2 atom stereocenters. The average molecular weight is 254 g/mol. The van der Waals surface area contributed by atoms with Crippen molar-refractivity contribution in [1.29, 1.82) is 0 Å². The highest BCUT2D eigenvalue weighted by Crippen LogP contribution is 2.35. The second kappa shape index (κ2) is 5.89. The molecule has 0 aromatic rings. The topological polar surface area (TPSA) is 35.5 Å². The Labute approximate surface area is 112 Å². The Balaban J connectivity index is 1.99. The molecule has 1 saturated carbocycles. The molecule has 2 aliphatic rings. The third kappa shape index (κ3) is 3.25. The number of nitrogens with zero attached hydrogens (tertiary/aromatic N) is 1. The van der Waals surface area contributed by atoms with Crippen LogP contribution in [-0.4, -0.2) is 47.3 Å². The molecule has 106 valence electrons. The molecule has 1 aliphatic carbocycles. The molecule has 3 nitrogen and oxygen atoms in total. The summed E-state index contributed by atoms with van der Waals surface area (Å²) in [5, 5.41) is 14.0. The lowest BCUT2D eigenvalue weighted by molar-refractivity contribution is -0.0312. The van der Waals surface area contributed by atoms with Gasteiger partial charge >= 0.3 is 0 Å². The van der Waals surface area contributed by atoms with E-state index in [1.54, 1.807) is 0 Å². The molecule has 3 heteroatoms. The maximum atomic E-state index is 10.5. The predicted octanol–water partition coefficient (Wildman–Crippen LogP) is 2.00. The van der Waals surface area contributed by atoms with E-state index in [1.807, 2.05) is 6.92 Å². The Hall–Kier alpha value is -0.120. The minimum absolute atomic E-state index is 0.368. The fraction of sp³-hybridized carbons (Fsp3) is 1.00. The number of nitrogens with one attached hydrogen (secondary N) is 1. The normalized spacial score (nSPS) is 34.7. The molecule has 0 bridgehead atoms. The number of rotatable bonds is 4. The molecule has 2 unspecified atom stereocenters. The molecule has 2 fully saturated rings. The van der Waals surface area contributed by atoms with Crippen LogP contribution in [0.25, 0.3) is 0 Å². The monoisotopic (exact) mass is 254 g/mol. The van der Waals surface area contributed by atoms with Crippen LogP contribution in [0.1, 0.15) is 52.9 Å². The number of hydrogen-bond acceptors (Lipinski definition) is 3. The Morgan fingerprint density at radius 2 is 1.94 bits per heavy atom. The molecular weight excluding hydrogens is 224 g/mol. The predicted molar refractivity (Wildman–Crippen MR) is 75.7 cm³/mol. The summed E-state index contributed by atoms with van der Waals surface area (Å²) in [4.78, 5) is 2.57. The van der Waals surface area contributed by atoms with E-state index < -0.39 is 5.60 Å². The molecule has 0 spiro atoms. The van der Waals surface area contributed by atoms with Gasteiger partial charge in [-0.05, 0) is 71.9 Å². The second-order valence-electron chi connectivity index (χ2n) is 6.75. The average Bonchev–Trinajstić information content (AvgIpc) is 2.67. The first kappa shape index (κ1) is 14.3. The first-order chi connectivity index (χ1) is 8.50. The van der Waals surface area contributed by atoms with Crippen molar-refractivity contribution in [2.45, 2.75) is 70.6 Å². The van der Waals surface area contributed by atoms with Crippen LogP contribution in [0.15, 0.2) is 0 Å². The number of hydrogen-bond donors (Lipinski definition) is 2. The minimum Gasteiger partial charge on any atom is -0.389 e. The van der Waals surface area contributed by atoms with E-state index in [0.29, 0.717) is 12.1 Å². The number of aliphatic hydroxyl groups is 1. The Bertz CT molecular complexity index is 259. The molecule has 1 saturated heterocycles. The van der Waals surface area contributed by atoms with E-state index in [0.717, 1.165) is 31.8 Å². The van der Waals surface area contributed by atoms with Gasteiger partial charge in [0.2, 0.25) is 0 Å². The molecule has 2 N–H and O–H groups in total. The third-order valence-electron chi connectivity index (χ3n) is 4.87. The van der Waals surface area contributed by atoms with Gasteiger partial charge in [0.15, 0.2) is 0 Å². The van der Waals surface area contributed by atoms with E-state index in [-0.39, 0.29) is 0 Å². The van der Waals surface area contributed by atoms with Gasteiger partial charge in [-0.1, -0.05) is 0 Å². The highest BCUT2D eigenvalue weighted by Gasteiger charge is 2.41. The molecule has 0 aromatic carbocycles. The fourth-order valence-corrected chi connectivity index (χ4v) is 3.71. The van der Waals surface area contributed by atoms with Gasteiger partial charge in [0.25, 0.3) is 0 Å². The standard InChI is InChI=1S/C15H30N2O/c1-12(2)17(11-13-6-9-16-10-7-13)14-5-4-8-15(14,3)18/h12-14,16,18H,4-11H2,1-3H3. The summed E-state index contributed by atoms with van der Waals surface area (Å²) in [5.41, 5.74) is -0.475. The molecule has 18 heavy (non-hydrogen) atoms. The Morgan fingerprint density at radius 3 is 2.44 bits per heavy atom. The van der Waals surface area contributed by atoms with Gasteiger partial charge < -0.3 is 10.4 Å². The summed E-state index contributed by atoms with van der Waals surface area (Å²) in [6, 6.07) is 0.904. The van der Waals surface area contributed by atoms with Crippen molar-refractivity contribution in [1.82, 2.24) is 10.2 Å². The fourth-order valence-electron chi connectivity index (χ4n) is 3.71. The molecule has 0 radical (unpaired) electrons. The van der Waals surface area contributed by atoms with Gasteiger partial charge in [0.1, 0.15) is 0 Å². The maximum Gasteiger partial charge on any atom is 0.0774 e. The van der Waals surface area contributed by atoms with Crippen molar-refractivity contribution in [2.75, 3.05) is 19.6 Å². The summed E-state index contributed by atoms with van der Waals surface area (Å²) < 4.78 is 0. The van der Waals surface area contributed by atoms with Crippen molar-refractivity contribution in [3.05, 3.63) is 0 Å². The van der Waals surface area contributed by atoms with E-state index in [9.17, 15) is 5.11 Å². The quantitative estimate of drug-likeness (QED) is 0.805. The summed E-state index contributed by atoms with van der Waals surface area (Å²) in [5.74, 6) is 0.810. The second-order valence-corrected chi connectivity index (χ2v) is 6.75. The van der Waals surface area contributed by atoms with Crippen LogP contribution >= 0.6 is 0 Å². The van der Waals surface area contributed by atoms with Crippen LogP contribution in [0, 0.1) is 5.92 Å². The minimum atomic E-state index is -0.475. The van der Waals surface area contributed by atoms with Crippen LogP contribution in [0.5, 0.6) is 0 Å². The van der Waals surface area contributed by atoms with Crippen LogP contribution in [0.4, 0.5) is 0 Å². The first-order valence-electron chi connectivity index (χ1n) is 7.69. The van der Waals surface area contributed by atoms with E-state index in [2.05, 4.69) is 24.1 Å². The zero-order valence-electron chi connectivity index (χ0n) is 12.3. The van der Waals surface area contributed by atoms with Crippen LogP contribution in [-0.2, 0) is 0 Å². The molecule has 2 rings (SSSR count). The molecular formula is C15H30N2O. The zero-order chi connectivity index (χ0) is 13.2. The first-order valence-corrected chi connectivity index (χ1v) is 7.69. The smallest absolute Gasteiger partial charge is 0.0774 e. The van der Waals surface area contributed by atoms with Gasteiger partial charge in [0, 0.05) is 18.6 Å². The van der Waals surface area contributed by atoms with Crippen molar-refractivity contribution in [2.24, 2.45) is 5.92 Å². The Morgan fingerprint density at radius 1 is 1.28 bits per heavy atom. The molecule has 0 aromatic heterocycles. The van der Waals surface area contributed by atoms with Crippen LogP contribution < -0.4 is 5.32 Å². The summed E-state index contributed by atoms with van der Waals surface area (Å²) in [6.45, 7) is 10.1. The van der Waals surface area contributed by atoms with Crippen molar-refractivity contribution in [3.63, 3.8) is 0 Å². The summed E-state index contributed by atoms with van der Waals surface area (Å²) in [7, 11) is 0. The zero-order valence-corrected chi connectivity index (χ0v) is 12.3. The van der Waals surface area contributed by atoms with Gasteiger partial charge in [0.05, 0.1) is 5.60 Å². The molecule has 0 amide bonds. The summed E-state index contributed by atoms with van der Waals surface area (Å²) in [6.07, 6.45) is 5.88. The maximum absolute atomic E-state index is 10.5. The lowest BCUT2D eigenvalue weighted by Crippen LogP contribution is -2.52. The Kier molecular flexibility index (Phi) is 4.68. The van der Waals surface area contributed by atoms with E-state index in [4.69, 9.17) is 0 Å². The third-order valence-corrected chi connectivity index (χ3v) is 4.87. The van der Waals surface area contributed by atoms with E-state index in [1.165, 1.54) is 25.8 Å². The van der Waals surface area contributed by atoms with Gasteiger partial charge in [-0.25, -0.2) is 0 Å². The lowest BCUT2D eigenvalue weighted by Gasteiger charge is -2.41. The molecule has 1 aliphatic heterocycles. The number of piperidine rings is 1. The van der Waals surface area contributed by atoms with Gasteiger partial charge in [-0.3, -0.25) is 4.90 Å². The highest BCUT2D eigenvalue weighted by atomic mass is 16.3. The summed E-state index contributed by atoms with van der Waals surface area (Å²) >= 11 is 0. The SMILES string of the molecule is CC(C)N(CC1CCNCC1)C1CCCC1(C)O. The van der Waals surface area contributed by atoms with Gasteiger partial charge in [-0.15, -0.1) is 0 Å². The largest absolute Gasteiger partial charge is 0.389 e. The van der Waals surface area contributed by atoms with Crippen LogP contribution in [0.2, 0.25) is 0 Å². The van der Waals surface area contributed by atoms with E-state index >= 15 is 0 Å². The highest BCUT2D eigenvalue weighted by molar-refractivity contribution is 4.96. The van der Waals surface area contributed by atoms with Crippen molar-refractivity contribution in [3.8, 4) is 0 Å². The lowest BCUT2D eigenvalue weighted by atomic mass is 9.93. The van der Waals surface area contributed by atoms with Crippen molar-refractivity contribution >= 4 is 0 Å². The molecule has 1 heterocycles. The van der Waals surface area contributed by atoms with Crippen molar-refractivity contribution < 1.29 is 5.11 Å². The van der Waals surface area contributed by atoms with Gasteiger partial charge in [-0.2, -0.15) is 0 Å². The van der Waals surface area contributed by atoms with Crippen LogP contribution in [0.3, 0.4) is 0 Å².